The summed E-state index contributed by atoms with van der Waals surface area (Å²) in [6.07, 6.45) is 5.61. The van der Waals surface area contributed by atoms with Gasteiger partial charge in [-0.05, 0) is 44.6 Å². The summed E-state index contributed by atoms with van der Waals surface area (Å²) >= 11 is 0. The summed E-state index contributed by atoms with van der Waals surface area (Å²) in [4.78, 5) is 12.5. The highest BCUT2D eigenvalue weighted by Crippen LogP contribution is 2.28. The van der Waals surface area contributed by atoms with Gasteiger partial charge in [0.25, 0.3) is 0 Å². The molecule has 1 heterocycles. The largest absolute Gasteiger partial charge is 0.384 e. The molecule has 18 heavy (non-hydrogen) atoms. The van der Waals surface area contributed by atoms with Crippen LogP contribution in [0.15, 0.2) is 0 Å². The van der Waals surface area contributed by atoms with Crippen LogP contribution in [-0.4, -0.2) is 38.8 Å². The molecule has 1 aliphatic heterocycles. The first kappa shape index (κ1) is 13.8. The molecule has 0 radical (unpaired) electrons. The predicted molar refractivity (Wildman–Crippen MR) is 71.4 cm³/mol. The number of hydrogen-bond acceptors (Lipinski definition) is 3. The van der Waals surface area contributed by atoms with Gasteiger partial charge in [-0.2, -0.15) is 0 Å². The van der Waals surface area contributed by atoms with Crippen LogP contribution in [0.25, 0.3) is 0 Å². The number of nitrogens with one attached hydrogen (secondary N) is 2. The van der Waals surface area contributed by atoms with E-state index in [-0.39, 0.29) is 11.3 Å². The number of carbonyl (C=O) groups excluding carboxylic acids is 1. The fourth-order valence-electron chi connectivity index (χ4n) is 3.15. The van der Waals surface area contributed by atoms with E-state index in [0.29, 0.717) is 12.6 Å². The van der Waals surface area contributed by atoms with Gasteiger partial charge in [0, 0.05) is 19.7 Å². The molecule has 0 bridgehead atoms. The molecule has 2 N–H and O–H groups in total. The monoisotopic (exact) mass is 254 g/mol. The van der Waals surface area contributed by atoms with Crippen molar-refractivity contribution in [2.24, 2.45) is 11.3 Å². The van der Waals surface area contributed by atoms with Crippen LogP contribution in [0.4, 0.5) is 0 Å². The zero-order valence-electron chi connectivity index (χ0n) is 11.6. The van der Waals surface area contributed by atoms with Crippen LogP contribution >= 0.6 is 0 Å². The lowest BCUT2D eigenvalue weighted by atomic mass is 9.84. The fourth-order valence-corrected chi connectivity index (χ4v) is 3.15. The van der Waals surface area contributed by atoms with Gasteiger partial charge < -0.3 is 15.4 Å². The zero-order chi connectivity index (χ0) is 13.0. The molecule has 1 aliphatic carbocycles. The van der Waals surface area contributed by atoms with Crippen molar-refractivity contribution in [1.82, 2.24) is 10.6 Å². The molecule has 2 rings (SSSR count). The molecule has 104 valence electrons. The van der Waals surface area contributed by atoms with Gasteiger partial charge in [-0.1, -0.05) is 6.92 Å². The smallest absolute Gasteiger partial charge is 0.230 e. The van der Waals surface area contributed by atoms with Gasteiger partial charge >= 0.3 is 0 Å². The summed E-state index contributed by atoms with van der Waals surface area (Å²) in [6, 6.07) is 0.378. The van der Waals surface area contributed by atoms with Crippen LogP contribution in [0.5, 0.6) is 0 Å². The van der Waals surface area contributed by atoms with Crippen LogP contribution < -0.4 is 10.6 Å². The van der Waals surface area contributed by atoms with Gasteiger partial charge in [-0.3, -0.25) is 4.79 Å². The number of methoxy groups -OCH3 is 1. The molecule has 1 saturated carbocycles. The van der Waals surface area contributed by atoms with Crippen molar-refractivity contribution in [3.8, 4) is 0 Å². The Bertz CT molecular complexity index is 280. The van der Waals surface area contributed by atoms with E-state index in [1.165, 1.54) is 12.8 Å². The molecule has 1 amide bonds. The Morgan fingerprint density at radius 1 is 1.39 bits per heavy atom. The molecule has 2 aliphatic rings. The van der Waals surface area contributed by atoms with Crippen molar-refractivity contribution < 1.29 is 9.53 Å². The molecule has 4 nitrogen and oxygen atoms in total. The molecule has 1 saturated heterocycles. The highest BCUT2D eigenvalue weighted by atomic mass is 16.5. The van der Waals surface area contributed by atoms with Crippen molar-refractivity contribution >= 4 is 5.91 Å². The van der Waals surface area contributed by atoms with Crippen molar-refractivity contribution in [3.05, 3.63) is 0 Å². The maximum Gasteiger partial charge on any atom is 0.230 e. The van der Waals surface area contributed by atoms with E-state index in [0.717, 1.165) is 38.3 Å². The standard InChI is InChI=1S/C14H26N2O2/c1-11-3-5-12(6-4-11)16-13(17)14(10-18-2)7-8-15-9-14/h11-12,15H,3-10H2,1-2H3,(H,16,17). The third-order valence-corrected chi connectivity index (χ3v) is 4.50. The van der Waals surface area contributed by atoms with E-state index in [4.69, 9.17) is 4.74 Å². The van der Waals surface area contributed by atoms with E-state index >= 15 is 0 Å². The molecule has 1 unspecified atom stereocenters. The van der Waals surface area contributed by atoms with E-state index < -0.39 is 0 Å². The van der Waals surface area contributed by atoms with Gasteiger partial charge in [0.1, 0.15) is 0 Å². The minimum absolute atomic E-state index is 0.189. The average molecular weight is 254 g/mol. The normalized spacial score (nSPS) is 36.6. The molecule has 0 spiro atoms. The van der Waals surface area contributed by atoms with Gasteiger partial charge in [0.05, 0.1) is 12.0 Å². The van der Waals surface area contributed by atoms with Gasteiger partial charge in [-0.25, -0.2) is 0 Å². The third-order valence-electron chi connectivity index (χ3n) is 4.50. The molecule has 2 fully saturated rings. The lowest BCUT2D eigenvalue weighted by Gasteiger charge is -2.32. The van der Waals surface area contributed by atoms with Crippen molar-refractivity contribution in [2.45, 2.75) is 45.1 Å². The van der Waals surface area contributed by atoms with Crippen LogP contribution in [0, 0.1) is 11.3 Å². The molecule has 0 aromatic rings. The van der Waals surface area contributed by atoms with Crippen molar-refractivity contribution in [3.63, 3.8) is 0 Å². The molecular weight excluding hydrogens is 228 g/mol. The number of hydrogen-bond donors (Lipinski definition) is 2. The van der Waals surface area contributed by atoms with Crippen LogP contribution in [-0.2, 0) is 9.53 Å². The third kappa shape index (κ3) is 3.04. The van der Waals surface area contributed by atoms with Crippen LogP contribution in [0.1, 0.15) is 39.0 Å². The maximum absolute atomic E-state index is 12.5. The molecule has 0 aromatic heterocycles. The van der Waals surface area contributed by atoms with Crippen molar-refractivity contribution in [1.29, 1.82) is 0 Å². The van der Waals surface area contributed by atoms with Gasteiger partial charge in [-0.15, -0.1) is 0 Å². The lowest BCUT2D eigenvalue weighted by molar-refractivity contribution is -0.134. The quantitative estimate of drug-likeness (QED) is 0.795. The maximum atomic E-state index is 12.5. The zero-order valence-corrected chi connectivity index (χ0v) is 11.6. The van der Waals surface area contributed by atoms with Crippen molar-refractivity contribution in [2.75, 3.05) is 26.8 Å². The second-order valence-electron chi connectivity index (χ2n) is 6.07. The van der Waals surface area contributed by atoms with E-state index in [1.54, 1.807) is 7.11 Å². The van der Waals surface area contributed by atoms with E-state index in [1.807, 2.05) is 0 Å². The number of ether oxygens (including phenoxy) is 1. The Morgan fingerprint density at radius 3 is 2.67 bits per heavy atom. The molecular formula is C14H26N2O2. The average Bonchev–Trinajstić information content (AvgIpc) is 2.82. The highest BCUT2D eigenvalue weighted by Gasteiger charge is 2.42. The lowest BCUT2D eigenvalue weighted by Crippen LogP contribution is -2.49. The summed E-state index contributed by atoms with van der Waals surface area (Å²) in [6.45, 7) is 4.48. The van der Waals surface area contributed by atoms with E-state index in [2.05, 4.69) is 17.6 Å². The number of rotatable bonds is 4. The summed E-state index contributed by atoms with van der Waals surface area (Å²) in [5, 5.41) is 6.53. The second kappa shape index (κ2) is 6.02. The highest BCUT2D eigenvalue weighted by molar-refractivity contribution is 5.83. The van der Waals surface area contributed by atoms with Crippen LogP contribution in [0.3, 0.4) is 0 Å². The molecule has 1 atom stereocenters. The predicted octanol–water partition coefficient (Wildman–Crippen LogP) is 1.31. The Labute approximate surface area is 110 Å². The van der Waals surface area contributed by atoms with Crippen LogP contribution in [0.2, 0.25) is 0 Å². The summed E-state index contributed by atoms with van der Waals surface area (Å²) < 4.78 is 5.26. The first-order valence-electron chi connectivity index (χ1n) is 7.17. The SMILES string of the molecule is COCC1(C(=O)NC2CCC(C)CC2)CCNC1. The fraction of sp³-hybridized carbons (Fsp3) is 0.929. The minimum Gasteiger partial charge on any atom is -0.384 e. The topological polar surface area (TPSA) is 50.4 Å². The first-order chi connectivity index (χ1) is 8.66. The Hall–Kier alpha value is -0.610. The summed E-state index contributed by atoms with van der Waals surface area (Å²) in [7, 11) is 1.68. The molecule has 4 heteroatoms. The van der Waals surface area contributed by atoms with Gasteiger partial charge in [0.15, 0.2) is 0 Å². The number of carbonyl (C=O) groups is 1. The first-order valence-corrected chi connectivity index (χ1v) is 7.17. The Kier molecular flexibility index (Phi) is 4.62. The van der Waals surface area contributed by atoms with Gasteiger partial charge in [0.2, 0.25) is 5.91 Å². The number of amides is 1. The summed E-state index contributed by atoms with van der Waals surface area (Å²) in [5.41, 5.74) is -0.336. The second-order valence-corrected chi connectivity index (χ2v) is 6.07. The minimum atomic E-state index is -0.336. The summed E-state index contributed by atoms with van der Waals surface area (Å²) in [5.74, 6) is 1.01. The van der Waals surface area contributed by atoms with E-state index in [9.17, 15) is 4.79 Å². The Balaban J connectivity index is 1.89. The molecule has 0 aromatic carbocycles. The Morgan fingerprint density at radius 2 is 2.11 bits per heavy atom.